The van der Waals surface area contributed by atoms with Crippen LogP contribution in [0.2, 0.25) is 0 Å². The monoisotopic (exact) mass is 597 g/mol. The van der Waals surface area contributed by atoms with Crippen LogP contribution in [0.15, 0.2) is 94.5 Å². The van der Waals surface area contributed by atoms with Gasteiger partial charge in [-0.15, -0.1) is 0 Å². The zero-order valence-electron chi connectivity index (χ0n) is 23.2. The lowest BCUT2D eigenvalue weighted by Crippen LogP contribution is -2.25. The lowest BCUT2D eigenvalue weighted by molar-refractivity contribution is 0.0964. The first-order valence-electron chi connectivity index (χ1n) is 13.0. The summed E-state index contributed by atoms with van der Waals surface area (Å²) in [5.74, 6) is -0.726. The number of halogens is 1. The Morgan fingerprint density at radius 1 is 0.977 bits per heavy atom. The van der Waals surface area contributed by atoms with Crippen molar-refractivity contribution < 1.29 is 22.0 Å². The highest BCUT2D eigenvalue weighted by atomic mass is 32.2. The summed E-state index contributed by atoms with van der Waals surface area (Å²) in [6, 6.07) is 19.2. The number of hydrogen-bond acceptors (Lipinski definition) is 7. The average molecular weight is 598 g/mol. The quantitative estimate of drug-likeness (QED) is 0.293. The van der Waals surface area contributed by atoms with Crippen molar-refractivity contribution in [3.05, 3.63) is 107 Å². The van der Waals surface area contributed by atoms with Gasteiger partial charge < -0.3 is 9.73 Å². The highest BCUT2D eigenvalue weighted by molar-refractivity contribution is 7.92. The Morgan fingerprint density at radius 3 is 2.37 bits per heavy atom. The third kappa shape index (κ3) is 4.91. The molecule has 3 aromatic heterocycles. The largest absolute Gasteiger partial charge is 0.455 e. The predicted octanol–water partition coefficient (Wildman–Crippen LogP) is 4.76. The number of carbonyl (C=O) groups excluding carboxylic acids is 1. The van der Waals surface area contributed by atoms with E-state index in [4.69, 9.17) is 4.42 Å². The Labute approximate surface area is 245 Å². The molecule has 1 amide bonds. The summed E-state index contributed by atoms with van der Waals surface area (Å²) >= 11 is 0. The molecule has 0 aliphatic heterocycles. The van der Waals surface area contributed by atoms with E-state index in [9.17, 15) is 22.4 Å². The summed E-state index contributed by atoms with van der Waals surface area (Å²) in [5, 5.41) is 3.20. The third-order valence-corrected chi connectivity index (χ3v) is 8.35. The van der Waals surface area contributed by atoms with Crippen molar-refractivity contribution in [1.29, 1.82) is 0 Å². The molecule has 3 aromatic carbocycles. The molecule has 0 saturated carbocycles. The number of anilines is 1. The van der Waals surface area contributed by atoms with Gasteiger partial charge >= 0.3 is 0 Å². The maximum absolute atomic E-state index is 13.7. The van der Waals surface area contributed by atoms with Gasteiger partial charge in [0.2, 0.25) is 10.0 Å². The Bertz CT molecular complexity index is 2210. The molecule has 0 bridgehead atoms. The fourth-order valence-electron chi connectivity index (χ4n) is 4.89. The standard InChI is InChI=1S/C31H24FN5O5S/c1-33-30(38)27-23-14-22(19-13-24-29(34-16-19)35-17-37(31(24)39)21-7-5-4-6-8-21)25(36(2)43(3,40)41)15-26(23)42-28(27)18-9-11-20(32)12-10-18/h4-17H,1-3H3,(H,33,38). The molecule has 0 saturated heterocycles. The molecule has 0 unspecified atom stereocenters. The van der Waals surface area contributed by atoms with Gasteiger partial charge in [0.1, 0.15) is 23.5 Å². The van der Waals surface area contributed by atoms with Crippen molar-refractivity contribution in [2.75, 3.05) is 24.7 Å². The fourth-order valence-corrected chi connectivity index (χ4v) is 5.40. The number of para-hydroxylation sites is 1. The SMILES string of the molecule is CNC(=O)c1c(-c2ccc(F)cc2)oc2cc(N(C)S(C)(=O)=O)c(-c3cnc4ncn(-c5ccccc5)c(=O)c4c3)cc12. The molecular formula is C31H24FN5O5S. The summed E-state index contributed by atoms with van der Waals surface area (Å²) in [5.41, 5.74) is 2.36. The predicted molar refractivity (Wildman–Crippen MR) is 162 cm³/mol. The van der Waals surface area contributed by atoms with Gasteiger partial charge in [-0.1, -0.05) is 18.2 Å². The van der Waals surface area contributed by atoms with Crippen LogP contribution in [0.3, 0.4) is 0 Å². The molecule has 0 atom stereocenters. The minimum absolute atomic E-state index is 0.181. The Balaban J connectivity index is 1.65. The van der Waals surface area contributed by atoms with Gasteiger partial charge in [0, 0.05) is 48.4 Å². The van der Waals surface area contributed by atoms with Crippen LogP contribution in [0.25, 0.3) is 50.1 Å². The van der Waals surface area contributed by atoms with Gasteiger partial charge in [-0.25, -0.2) is 22.8 Å². The number of benzene rings is 3. The Kier molecular flexibility index (Phi) is 6.77. The van der Waals surface area contributed by atoms with E-state index in [0.29, 0.717) is 27.8 Å². The van der Waals surface area contributed by atoms with E-state index in [-0.39, 0.29) is 39.2 Å². The van der Waals surface area contributed by atoms with Crippen LogP contribution in [0.5, 0.6) is 0 Å². The van der Waals surface area contributed by atoms with Gasteiger partial charge in [-0.3, -0.25) is 18.5 Å². The topological polar surface area (TPSA) is 127 Å². The minimum atomic E-state index is -3.76. The second-order valence-electron chi connectivity index (χ2n) is 9.84. The second-order valence-corrected chi connectivity index (χ2v) is 11.9. The van der Waals surface area contributed by atoms with Gasteiger partial charge in [-0.2, -0.15) is 0 Å². The zero-order chi connectivity index (χ0) is 30.5. The summed E-state index contributed by atoms with van der Waals surface area (Å²) < 4.78 is 47.7. The van der Waals surface area contributed by atoms with Crippen molar-refractivity contribution in [1.82, 2.24) is 19.9 Å². The summed E-state index contributed by atoms with van der Waals surface area (Å²) in [6.07, 6.45) is 3.95. The molecule has 6 aromatic rings. The molecule has 1 N–H and O–H groups in total. The number of carbonyl (C=O) groups is 1. The van der Waals surface area contributed by atoms with Crippen LogP contribution >= 0.6 is 0 Å². The maximum Gasteiger partial charge on any atom is 0.267 e. The van der Waals surface area contributed by atoms with Gasteiger partial charge in [0.15, 0.2) is 5.65 Å². The summed E-state index contributed by atoms with van der Waals surface area (Å²) in [6.45, 7) is 0. The van der Waals surface area contributed by atoms with E-state index in [1.807, 2.05) is 6.07 Å². The minimum Gasteiger partial charge on any atom is -0.455 e. The van der Waals surface area contributed by atoms with E-state index in [2.05, 4.69) is 15.3 Å². The molecule has 0 spiro atoms. The number of nitrogens with zero attached hydrogens (tertiary/aromatic N) is 4. The third-order valence-electron chi connectivity index (χ3n) is 7.16. The number of sulfonamides is 1. The van der Waals surface area contributed by atoms with E-state index < -0.39 is 21.7 Å². The molecule has 12 heteroatoms. The van der Waals surface area contributed by atoms with Gasteiger partial charge in [0.05, 0.1) is 28.6 Å². The number of nitrogens with one attached hydrogen (secondary N) is 1. The molecule has 10 nitrogen and oxygen atoms in total. The maximum atomic E-state index is 13.7. The number of furan rings is 1. The normalized spacial score (nSPS) is 11.6. The van der Waals surface area contributed by atoms with E-state index in [1.165, 1.54) is 61.5 Å². The summed E-state index contributed by atoms with van der Waals surface area (Å²) in [7, 11) is -0.894. The first-order chi connectivity index (χ1) is 20.6. The first kappa shape index (κ1) is 27.8. The van der Waals surface area contributed by atoms with Crippen molar-refractivity contribution in [2.24, 2.45) is 0 Å². The number of pyridine rings is 1. The average Bonchev–Trinajstić information content (AvgIpc) is 3.38. The fraction of sp³-hybridized carbons (Fsp3) is 0.0968. The summed E-state index contributed by atoms with van der Waals surface area (Å²) in [4.78, 5) is 35.4. The van der Waals surface area contributed by atoms with Crippen LogP contribution in [0.1, 0.15) is 10.4 Å². The second kappa shape index (κ2) is 10.5. The molecule has 43 heavy (non-hydrogen) atoms. The smallest absolute Gasteiger partial charge is 0.267 e. The number of rotatable bonds is 6. The molecule has 216 valence electrons. The van der Waals surface area contributed by atoms with Crippen molar-refractivity contribution in [3.8, 4) is 28.1 Å². The highest BCUT2D eigenvalue weighted by Gasteiger charge is 2.26. The number of aromatic nitrogens is 3. The van der Waals surface area contributed by atoms with Crippen molar-refractivity contribution >= 4 is 43.6 Å². The van der Waals surface area contributed by atoms with Crippen molar-refractivity contribution in [3.63, 3.8) is 0 Å². The molecule has 0 radical (unpaired) electrons. The van der Waals surface area contributed by atoms with Crippen LogP contribution < -0.4 is 15.2 Å². The molecule has 0 fully saturated rings. The van der Waals surface area contributed by atoms with Crippen LogP contribution in [-0.2, 0) is 10.0 Å². The Hall–Kier alpha value is -5.36. The number of amides is 1. The van der Waals surface area contributed by atoms with Crippen LogP contribution in [0, 0.1) is 5.82 Å². The van der Waals surface area contributed by atoms with Gasteiger partial charge in [-0.05, 0) is 48.5 Å². The lowest BCUT2D eigenvalue weighted by Gasteiger charge is -2.20. The molecule has 3 heterocycles. The molecular weight excluding hydrogens is 573 g/mol. The van der Waals surface area contributed by atoms with E-state index >= 15 is 0 Å². The zero-order valence-corrected chi connectivity index (χ0v) is 24.0. The van der Waals surface area contributed by atoms with Gasteiger partial charge in [0.25, 0.3) is 11.5 Å². The highest BCUT2D eigenvalue weighted by Crippen LogP contribution is 2.41. The van der Waals surface area contributed by atoms with Crippen LogP contribution in [0.4, 0.5) is 10.1 Å². The molecule has 0 aliphatic carbocycles. The van der Waals surface area contributed by atoms with E-state index in [1.54, 1.807) is 36.4 Å². The lowest BCUT2D eigenvalue weighted by atomic mass is 9.99. The van der Waals surface area contributed by atoms with Crippen molar-refractivity contribution in [2.45, 2.75) is 0 Å². The van der Waals surface area contributed by atoms with Crippen LogP contribution in [-0.4, -0.2) is 49.2 Å². The molecule has 6 rings (SSSR count). The number of fused-ring (bicyclic) bond motifs is 2. The Morgan fingerprint density at radius 2 is 1.70 bits per heavy atom. The first-order valence-corrected chi connectivity index (χ1v) is 14.9. The molecule has 0 aliphatic rings. The van der Waals surface area contributed by atoms with E-state index in [0.717, 1.165) is 10.6 Å². The number of hydrogen-bond donors (Lipinski definition) is 1.